The van der Waals surface area contributed by atoms with Gasteiger partial charge in [0.1, 0.15) is 0 Å². The second kappa shape index (κ2) is 19.1. The summed E-state index contributed by atoms with van der Waals surface area (Å²) in [6, 6.07) is 10.5. The number of hydrogen-bond acceptors (Lipinski definition) is 14. The molecule has 4 aromatic heterocycles. The van der Waals surface area contributed by atoms with Gasteiger partial charge in [-0.25, -0.2) is 26.4 Å². The van der Waals surface area contributed by atoms with Crippen LogP contribution in [0, 0.1) is 39.6 Å². The lowest BCUT2D eigenvalue weighted by Crippen LogP contribution is -2.38. The van der Waals surface area contributed by atoms with Gasteiger partial charge in [0.2, 0.25) is 41.8 Å². The molecule has 352 valence electrons. The average molecular weight is 1070 g/mol. The molecule has 0 atom stereocenters. The second-order valence-corrected chi connectivity index (χ2v) is 21.0. The molecule has 2 aliphatic rings. The van der Waals surface area contributed by atoms with E-state index < -0.39 is 42.2 Å². The Kier molecular flexibility index (Phi) is 14.1. The molecule has 0 aliphatic heterocycles. The fourth-order valence-corrected chi connectivity index (χ4v) is 9.12. The smallest absolute Gasteiger partial charge is 0.333 e. The Morgan fingerprint density at radius 2 is 1.10 bits per heavy atom. The number of aryl methyl sites for hydroxylation is 2. The number of nitrogens with one attached hydrogen (secondary N) is 2. The maximum Gasteiger partial charge on any atom is 0.333 e. The third-order valence-corrected chi connectivity index (χ3v) is 13.0. The monoisotopic (exact) mass is 1070 g/mol. The lowest BCUT2D eigenvalue weighted by molar-refractivity contribution is -0.118. The first-order valence-electron chi connectivity index (χ1n) is 20.1. The molecule has 6 aromatic rings. The number of halogens is 1. The van der Waals surface area contributed by atoms with Crippen LogP contribution in [0.3, 0.4) is 0 Å². The van der Waals surface area contributed by atoms with Crippen LogP contribution >= 0.6 is 22.6 Å². The van der Waals surface area contributed by atoms with E-state index in [-0.39, 0.29) is 69.4 Å². The van der Waals surface area contributed by atoms with E-state index in [0.29, 0.717) is 22.6 Å². The number of aromatic nitrogens is 8. The third kappa shape index (κ3) is 11.0. The Labute approximate surface area is 396 Å². The fraction of sp³-hybridized carbons (Fsp3) is 0.333. The van der Waals surface area contributed by atoms with Crippen LogP contribution in [0.1, 0.15) is 31.2 Å². The zero-order chi connectivity index (χ0) is 49.4. The standard InChI is InChI=1S/C21H22N6O5S.C11H12N4O4S.C10H11IN2O/c1-25-16-17(24-20(25)33(3,31)32)27(21(30)26(2)19(16)29)8-4-5-12-9-14(22)11-15(10-12)23-18(28)13-6-7-13;1-5-6-15-8-7(9(16)14(3)11(15)17)13(2)10(12-8)20(4,18)19;11-7-3-8(12)5-9(4-7)13-10(14)6-1-2-6/h9-11,13H,6-8,22H2,1-3H3,(H,23,28);1H,6H2,2-4H3;3-6H,1-2,12H2,(H,13,14). The highest BCUT2D eigenvalue weighted by Gasteiger charge is 2.31. The van der Waals surface area contributed by atoms with Crippen LogP contribution in [0.15, 0.2) is 65.9 Å². The normalized spacial score (nSPS) is 13.3. The highest BCUT2D eigenvalue weighted by atomic mass is 127. The van der Waals surface area contributed by atoms with Crippen molar-refractivity contribution in [2.45, 2.75) is 49.1 Å². The summed E-state index contributed by atoms with van der Waals surface area (Å²) in [5.74, 6) is 8.33. The second-order valence-electron chi connectivity index (χ2n) is 15.9. The minimum atomic E-state index is -3.74. The quantitative estimate of drug-likeness (QED) is 0.0918. The van der Waals surface area contributed by atoms with Crippen LogP contribution < -0.4 is 44.6 Å². The number of nitrogen functional groups attached to an aromatic ring is 2. The van der Waals surface area contributed by atoms with E-state index in [1.807, 2.05) is 12.1 Å². The first kappa shape index (κ1) is 49.5. The van der Waals surface area contributed by atoms with Crippen LogP contribution in [0.2, 0.25) is 0 Å². The maximum atomic E-state index is 12.7. The van der Waals surface area contributed by atoms with Crippen molar-refractivity contribution >= 4 is 99.2 Å². The van der Waals surface area contributed by atoms with Crippen molar-refractivity contribution < 1.29 is 26.4 Å². The van der Waals surface area contributed by atoms with Crippen LogP contribution in [0.25, 0.3) is 22.3 Å². The van der Waals surface area contributed by atoms with E-state index in [9.17, 15) is 45.6 Å². The van der Waals surface area contributed by atoms with Gasteiger partial charge >= 0.3 is 11.4 Å². The summed E-state index contributed by atoms with van der Waals surface area (Å²) < 4.78 is 54.7. The van der Waals surface area contributed by atoms with E-state index in [4.69, 9.17) is 17.9 Å². The SMILES string of the molecule is C#CCn1c(=O)n(C)c(=O)c2c1nc(S(C)(=O)=O)n2C.Cn1c(=O)c2c(nc(S(C)(=O)=O)n2C)n(CC#Cc2cc(N)cc(NC(=O)C3CC3)c2)c1=O.Nc1cc(I)cc(NC(=O)C2CC2)c1. The average Bonchev–Trinajstić information content (AvgIpc) is 4.17. The molecule has 0 bridgehead atoms. The molecule has 2 saturated carbocycles. The van der Waals surface area contributed by atoms with Crippen LogP contribution in [-0.4, -0.2) is 78.5 Å². The predicted octanol–water partition coefficient (Wildman–Crippen LogP) is 0.512. The summed E-state index contributed by atoms with van der Waals surface area (Å²) >= 11 is 2.18. The number of imidazole rings is 2. The number of carbonyl (C=O) groups excluding carboxylic acids is 2. The van der Waals surface area contributed by atoms with E-state index in [1.54, 1.807) is 24.3 Å². The summed E-state index contributed by atoms with van der Waals surface area (Å²) in [5, 5.41) is 5.06. The molecule has 4 heterocycles. The molecule has 8 rings (SSSR count). The molecule has 25 heteroatoms. The van der Waals surface area contributed by atoms with Gasteiger partial charge in [0.05, 0.1) is 13.1 Å². The molecule has 6 N–H and O–H groups in total. The number of sulfone groups is 2. The summed E-state index contributed by atoms with van der Waals surface area (Å²) in [6.45, 7) is -0.258. The summed E-state index contributed by atoms with van der Waals surface area (Å²) in [4.78, 5) is 80.8. The number of terminal acetylenes is 1. The maximum absolute atomic E-state index is 12.7. The highest BCUT2D eigenvalue weighted by molar-refractivity contribution is 14.1. The Morgan fingerprint density at radius 1 is 0.687 bits per heavy atom. The molecule has 0 unspecified atom stereocenters. The minimum Gasteiger partial charge on any atom is -0.399 e. The lowest BCUT2D eigenvalue weighted by Gasteiger charge is -2.07. The zero-order valence-corrected chi connectivity index (χ0v) is 40.7. The van der Waals surface area contributed by atoms with Gasteiger partial charge in [-0.3, -0.25) is 37.4 Å². The van der Waals surface area contributed by atoms with E-state index in [0.717, 1.165) is 74.9 Å². The molecule has 67 heavy (non-hydrogen) atoms. The number of rotatable bonds is 8. The predicted molar refractivity (Wildman–Crippen MR) is 259 cm³/mol. The number of fused-ring (bicyclic) bond motifs is 2. The van der Waals surface area contributed by atoms with Gasteiger partial charge in [-0.15, -0.1) is 6.42 Å². The van der Waals surface area contributed by atoms with E-state index in [2.05, 4.69) is 61.0 Å². The van der Waals surface area contributed by atoms with Crippen LogP contribution in [0.5, 0.6) is 0 Å². The summed E-state index contributed by atoms with van der Waals surface area (Å²) in [6.07, 6.45) is 10.9. The molecule has 0 saturated heterocycles. The van der Waals surface area contributed by atoms with E-state index in [1.165, 1.54) is 28.2 Å². The van der Waals surface area contributed by atoms with Gasteiger partial charge in [0, 0.05) is 84.4 Å². The number of benzene rings is 2. The summed E-state index contributed by atoms with van der Waals surface area (Å²) in [5.41, 5.74) is 11.8. The van der Waals surface area contributed by atoms with Crippen molar-refractivity contribution in [3.63, 3.8) is 0 Å². The number of anilines is 4. The van der Waals surface area contributed by atoms with Gasteiger partial charge < -0.3 is 31.2 Å². The Bertz CT molecular complexity index is 3610. The molecule has 2 aromatic carbocycles. The zero-order valence-electron chi connectivity index (χ0n) is 36.9. The van der Waals surface area contributed by atoms with Gasteiger partial charge in [0.15, 0.2) is 22.3 Å². The van der Waals surface area contributed by atoms with Crippen molar-refractivity contribution in [3.05, 3.63) is 87.2 Å². The topological polar surface area (TPSA) is 302 Å². The molecule has 2 aliphatic carbocycles. The number of nitrogens with zero attached hydrogens (tertiary/aromatic N) is 8. The van der Waals surface area contributed by atoms with Gasteiger partial charge in [-0.2, -0.15) is 9.97 Å². The largest absolute Gasteiger partial charge is 0.399 e. The van der Waals surface area contributed by atoms with Crippen molar-refractivity contribution in [2.75, 3.05) is 34.6 Å². The minimum absolute atomic E-state index is 0.0165. The van der Waals surface area contributed by atoms with Gasteiger partial charge in [-0.1, -0.05) is 17.8 Å². The molecule has 22 nitrogen and oxygen atoms in total. The first-order valence-corrected chi connectivity index (χ1v) is 24.9. The number of amides is 2. The van der Waals surface area contributed by atoms with Gasteiger partial charge in [-0.05, 0) is 84.7 Å². The molecular formula is C42H45IN12O10S2. The Morgan fingerprint density at radius 3 is 1.51 bits per heavy atom. The lowest BCUT2D eigenvalue weighted by atomic mass is 10.1. The third-order valence-electron chi connectivity index (χ3n) is 10.3. The van der Waals surface area contributed by atoms with Crippen molar-refractivity contribution in [1.82, 2.24) is 37.4 Å². The van der Waals surface area contributed by atoms with Crippen molar-refractivity contribution in [1.29, 1.82) is 0 Å². The molecule has 0 spiro atoms. The van der Waals surface area contributed by atoms with Gasteiger partial charge in [0.25, 0.3) is 11.1 Å². The first-order chi connectivity index (χ1) is 31.3. The molecule has 0 radical (unpaired) electrons. The highest BCUT2D eigenvalue weighted by Crippen LogP contribution is 2.31. The van der Waals surface area contributed by atoms with Crippen molar-refractivity contribution in [3.8, 4) is 24.2 Å². The fourth-order valence-electron chi connectivity index (χ4n) is 6.74. The Hall–Kier alpha value is -6.97. The molecule has 2 amide bonds. The Balaban J connectivity index is 0.000000184. The van der Waals surface area contributed by atoms with Crippen molar-refractivity contribution in [2.24, 2.45) is 40.0 Å². The van der Waals surface area contributed by atoms with E-state index >= 15 is 0 Å². The number of nitrogens with two attached hydrogens (primary N) is 2. The van der Waals surface area contributed by atoms with Crippen LogP contribution in [0.4, 0.5) is 22.7 Å². The van der Waals surface area contributed by atoms with Crippen LogP contribution in [-0.2, 0) is 70.5 Å². The summed E-state index contributed by atoms with van der Waals surface area (Å²) in [7, 11) is -1.97. The number of hydrogen-bond donors (Lipinski definition) is 4. The molecular weight excluding hydrogens is 1020 g/mol. The molecule has 2 fully saturated rings. The number of carbonyl (C=O) groups is 2.